The van der Waals surface area contributed by atoms with E-state index in [0.29, 0.717) is 6.07 Å². The molecule has 0 aliphatic heterocycles. The van der Waals surface area contributed by atoms with Crippen LogP contribution in [-0.4, -0.2) is 11.1 Å². The van der Waals surface area contributed by atoms with Crippen LogP contribution in [-0.2, 0) is 4.79 Å². The molecule has 0 aliphatic carbocycles. The maximum Gasteiger partial charge on any atom is 0.315 e. The van der Waals surface area contributed by atoms with Gasteiger partial charge in [0.2, 0.25) is 0 Å². The van der Waals surface area contributed by atoms with E-state index in [-0.39, 0.29) is 12.0 Å². The lowest BCUT2D eigenvalue weighted by molar-refractivity contribution is -0.135. The zero-order chi connectivity index (χ0) is 10.6. The Morgan fingerprint density at radius 3 is 2.71 bits per heavy atom. The molecule has 0 aliphatic rings. The van der Waals surface area contributed by atoms with Crippen LogP contribution in [0.3, 0.4) is 0 Å². The molecular weight excluding hydrogens is 190 g/mol. The molecule has 1 N–H and O–H groups in total. The van der Waals surface area contributed by atoms with E-state index in [1.54, 1.807) is 0 Å². The standard InChI is InChI=1S/C10H6F2O2/c11-8-5-4-7(9(12)6-8)2-1-3-10(13)14/h4-6H,3H2,(H,13,14). The van der Waals surface area contributed by atoms with Crippen LogP contribution in [0.5, 0.6) is 0 Å². The second-order valence-corrected chi connectivity index (χ2v) is 2.50. The Balaban J connectivity index is 2.85. The normalized spacial score (nSPS) is 9.00. The molecule has 2 nitrogen and oxygen atoms in total. The van der Waals surface area contributed by atoms with E-state index in [2.05, 4.69) is 11.8 Å². The molecule has 0 saturated heterocycles. The molecule has 72 valence electrons. The quantitative estimate of drug-likeness (QED) is 0.695. The van der Waals surface area contributed by atoms with Crippen LogP contribution in [0.1, 0.15) is 12.0 Å². The summed E-state index contributed by atoms with van der Waals surface area (Å²) in [6.45, 7) is 0. The van der Waals surface area contributed by atoms with Gasteiger partial charge < -0.3 is 5.11 Å². The number of carbonyl (C=O) groups is 1. The Hall–Kier alpha value is -1.89. The number of carboxylic acids is 1. The Bertz CT molecular complexity index is 416. The third-order valence-corrected chi connectivity index (χ3v) is 1.39. The Kier molecular flexibility index (Phi) is 3.19. The van der Waals surface area contributed by atoms with E-state index in [1.165, 1.54) is 6.07 Å². The van der Waals surface area contributed by atoms with Gasteiger partial charge in [0.05, 0.1) is 5.56 Å². The average molecular weight is 196 g/mol. The van der Waals surface area contributed by atoms with E-state index in [1.807, 2.05) is 0 Å². The molecule has 0 fully saturated rings. The highest BCUT2D eigenvalue weighted by molar-refractivity contribution is 5.70. The minimum absolute atomic E-state index is 0.00681. The number of hydrogen-bond donors (Lipinski definition) is 1. The van der Waals surface area contributed by atoms with Crippen molar-refractivity contribution >= 4 is 5.97 Å². The molecule has 4 heteroatoms. The molecule has 0 bridgehead atoms. The van der Waals surface area contributed by atoms with Crippen LogP contribution in [0, 0.1) is 23.5 Å². The van der Waals surface area contributed by atoms with Crippen molar-refractivity contribution in [3.63, 3.8) is 0 Å². The lowest BCUT2D eigenvalue weighted by Crippen LogP contribution is -1.91. The van der Waals surface area contributed by atoms with E-state index >= 15 is 0 Å². The second-order valence-electron chi connectivity index (χ2n) is 2.50. The van der Waals surface area contributed by atoms with E-state index in [4.69, 9.17) is 5.11 Å². The van der Waals surface area contributed by atoms with Crippen LogP contribution in [0.25, 0.3) is 0 Å². The highest BCUT2D eigenvalue weighted by Gasteiger charge is 1.99. The van der Waals surface area contributed by atoms with Crippen molar-refractivity contribution in [3.05, 3.63) is 35.4 Å². The molecule has 0 saturated carbocycles. The lowest BCUT2D eigenvalue weighted by atomic mass is 10.2. The number of benzene rings is 1. The summed E-state index contributed by atoms with van der Waals surface area (Å²) in [7, 11) is 0. The lowest BCUT2D eigenvalue weighted by Gasteiger charge is -1.92. The molecule has 1 rings (SSSR count). The van der Waals surface area contributed by atoms with Gasteiger partial charge in [-0.25, -0.2) is 8.78 Å². The summed E-state index contributed by atoms with van der Waals surface area (Å²) in [4.78, 5) is 10.1. The van der Waals surface area contributed by atoms with Crippen molar-refractivity contribution in [1.29, 1.82) is 0 Å². The minimum atomic E-state index is -1.08. The molecule has 0 spiro atoms. The molecular formula is C10H6F2O2. The van der Waals surface area contributed by atoms with Crippen LogP contribution in [0.4, 0.5) is 8.78 Å². The zero-order valence-corrected chi connectivity index (χ0v) is 7.05. The SMILES string of the molecule is O=C(O)CC#Cc1ccc(F)cc1F. The molecule has 0 radical (unpaired) electrons. The molecule has 0 unspecified atom stereocenters. The van der Waals surface area contributed by atoms with Crippen LogP contribution in [0.2, 0.25) is 0 Å². The number of hydrogen-bond acceptors (Lipinski definition) is 1. The summed E-state index contributed by atoms with van der Waals surface area (Å²) in [5.41, 5.74) is -0.00681. The Morgan fingerprint density at radius 1 is 1.43 bits per heavy atom. The van der Waals surface area contributed by atoms with Gasteiger partial charge in [-0.1, -0.05) is 11.8 Å². The van der Waals surface area contributed by atoms with Crippen molar-refractivity contribution in [2.24, 2.45) is 0 Å². The maximum atomic E-state index is 12.9. The summed E-state index contributed by atoms with van der Waals surface area (Å²) in [6, 6.07) is 2.93. The van der Waals surface area contributed by atoms with Crippen molar-refractivity contribution < 1.29 is 18.7 Å². The Labute approximate surface area is 79.2 Å². The van der Waals surface area contributed by atoms with Crippen molar-refractivity contribution in [2.45, 2.75) is 6.42 Å². The molecule has 14 heavy (non-hydrogen) atoms. The summed E-state index contributed by atoms with van der Waals surface area (Å²) in [5, 5.41) is 8.25. The van der Waals surface area contributed by atoms with Gasteiger partial charge in [0.1, 0.15) is 18.1 Å². The summed E-state index contributed by atoms with van der Waals surface area (Å²) in [5.74, 6) is 1.99. The van der Waals surface area contributed by atoms with Gasteiger partial charge in [-0.05, 0) is 12.1 Å². The van der Waals surface area contributed by atoms with Crippen LogP contribution in [0.15, 0.2) is 18.2 Å². The number of aliphatic carboxylic acids is 1. The minimum Gasteiger partial charge on any atom is -0.481 e. The highest BCUT2D eigenvalue weighted by Crippen LogP contribution is 2.07. The third kappa shape index (κ3) is 2.87. The van der Waals surface area contributed by atoms with E-state index in [9.17, 15) is 13.6 Å². The largest absolute Gasteiger partial charge is 0.481 e. The van der Waals surface area contributed by atoms with Crippen LogP contribution < -0.4 is 0 Å². The molecule has 0 atom stereocenters. The zero-order valence-electron chi connectivity index (χ0n) is 7.05. The fourth-order valence-corrected chi connectivity index (χ4v) is 0.806. The third-order valence-electron chi connectivity index (χ3n) is 1.39. The number of rotatable bonds is 1. The molecule has 1 aromatic carbocycles. The number of carboxylic acid groups (broad SMARTS) is 1. The van der Waals surface area contributed by atoms with Crippen molar-refractivity contribution in [1.82, 2.24) is 0 Å². The highest BCUT2D eigenvalue weighted by atomic mass is 19.1. The van der Waals surface area contributed by atoms with Gasteiger partial charge in [0, 0.05) is 6.07 Å². The van der Waals surface area contributed by atoms with Crippen LogP contribution >= 0.6 is 0 Å². The first kappa shape index (κ1) is 10.2. The van der Waals surface area contributed by atoms with E-state index < -0.39 is 17.6 Å². The first-order chi connectivity index (χ1) is 6.59. The summed E-state index contributed by atoms with van der Waals surface area (Å²) >= 11 is 0. The molecule has 1 aromatic rings. The first-order valence-electron chi connectivity index (χ1n) is 3.75. The predicted molar refractivity (Wildman–Crippen MR) is 45.5 cm³/mol. The van der Waals surface area contributed by atoms with Gasteiger partial charge in [0.15, 0.2) is 0 Å². The smallest absolute Gasteiger partial charge is 0.315 e. The molecule has 0 amide bonds. The van der Waals surface area contributed by atoms with Gasteiger partial charge >= 0.3 is 5.97 Å². The summed E-state index contributed by atoms with van der Waals surface area (Å²) < 4.78 is 25.3. The summed E-state index contributed by atoms with van der Waals surface area (Å²) in [6.07, 6.45) is -0.364. The first-order valence-corrected chi connectivity index (χ1v) is 3.75. The molecule has 0 heterocycles. The van der Waals surface area contributed by atoms with Crippen molar-refractivity contribution in [2.75, 3.05) is 0 Å². The number of halogens is 2. The fraction of sp³-hybridized carbons (Fsp3) is 0.100. The fourth-order valence-electron chi connectivity index (χ4n) is 0.806. The van der Waals surface area contributed by atoms with Gasteiger partial charge in [-0.3, -0.25) is 4.79 Å². The van der Waals surface area contributed by atoms with E-state index in [0.717, 1.165) is 6.07 Å². The average Bonchev–Trinajstić information content (AvgIpc) is 2.08. The van der Waals surface area contributed by atoms with Gasteiger partial charge in [-0.2, -0.15) is 0 Å². The topological polar surface area (TPSA) is 37.3 Å². The van der Waals surface area contributed by atoms with Gasteiger partial charge in [0.25, 0.3) is 0 Å². The van der Waals surface area contributed by atoms with Gasteiger partial charge in [-0.15, -0.1) is 0 Å². The second kappa shape index (κ2) is 4.38. The monoisotopic (exact) mass is 196 g/mol. The van der Waals surface area contributed by atoms with Crippen molar-refractivity contribution in [3.8, 4) is 11.8 Å². The predicted octanol–water partition coefficient (Wildman–Crippen LogP) is 1.79. The Morgan fingerprint density at radius 2 is 2.14 bits per heavy atom. The molecule has 0 aromatic heterocycles. The maximum absolute atomic E-state index is 12.9.